The quantitative estimate of drug-likeness (QED) is 0.788. The molecule has 0 amide bonds. The maximum Gasteiger partial charge on any atom is 0.405 e. The molecule has 1 unspecified atom stereocenters. The zero-order valence-electron chi connectivity index (χ0n) is 10.4. The fourth-order valence-corrected chi connectivity index (χ4v) is 4.05. The van der Waals surface area contributed by atoms with E-state index in [2.05, 4.69) is 0 Å². The van der Waals surface area contributed by atoms with Crippen molar-refractivity contribution in [1.82, 2.24) is 4.31 Å². The Morgan fingerprint density at radius 1 is 1.15 bits per heavy atom. The number of alkyl halides is 3. The molecule has 8 heteroatoms. The van der Waals surface area contributed by atoms with Gasteiger partial charge in [-0.3, -0.25) is 0 Å². The molecule has 1 fully saturated rings. The number of rotatable bonds is 2. The molecule has 0 aliphatic carbocycles. The largest absolute Gasteiger partial charge is 0.405 e. The molecule has 1 aliphatic rings. The van der Waals surface area contributed by atoms with Crippen LogP contribution in [0.3, 0.4) is 0 Å². The minimum absolute atomic E-state index is 0.249. The van der Waals surface area contributed by atoms with E-state index in [4.69, 9.17) is 0 Å². The van der Waals surface area contributed by atoms with Crippen LogP contribution in [0.5, 0.6) is 0 Å². The lowest BCUT2D eigenvalue weighted by molar-refractivity contribution is -0.177. The standard InChI is InChI=1S/C12H13F4NO2S/c13-9-5-1-2-6-10(9)20(18,19)17-8-4-3-7-11(17)12(14,15)16/h1-2,5-6,11H,3-4,7-8H2. The van der Waals surface area contributed by atoms with Gasteiger partial charge in [-0.25, -0.2) is 12.8 Å². The Hall–Kier alpha value is -1.15. The summed E-state index contributed by atoms with van der Waals surface area (Å²) in [4.78, 5) is -0.712. The van der Waals surface area contributed by atoms with Gasteiger partial charge in [-0.1, -0.05) is 18.6 Å². The van der Waals surface area contributed by atoms with Gasteiger partial charge in [0.1, 0.15) is 16.8 Å². The summed E-state index contributed by atoms with van der Waals surface area (Å²) in [5, 5.41) is 0. The van der Waals surface area contributed by atoms with E-state index in [-0.39, 0.29) is 13.0 Å². The smallest absolute Gasteiger partial charge is 0.207 e. The van der Waals surface area contributed by atoms with Crippen LogP contribution >= 0.6 is 0 Å². The van der Waals surface area contributed by atoms with Gasteiger partial charge in [0.05, 0.1) is 0 Å². The lowest BCUT2D eigenvalue weighted by atomic mass is 10.0. The number of sulfonamides is 1. The zero-order chi connectivity index (χ0) is 15.0. The van der Waals surface area contributed by atoms with Gasteiger partial charge in [0.2, 0.25) is 10.0 Å². The van der Waals surface area contributed by atoms with Gasteiger partial charge in [0, 0.05) is 6.54 Å². The molecule has 0 radical (unpaired) electrons. The van der Waals surface area contributed by atoms with Crippen molar-refractivity contribution in [2.24, 2.45) is 0 Å². The second kappa shape index (κ2) is 5.33. The second-order valence-corrected chi connectivity index (χ2v) is 6.46. The van der Waals surface area contributed by atoms with Crippen LogP contribution in [0.25, 0.3) is 0 Å². The molecule has 0 spiro atoms. The topological polar surface area (TPSA) is 37.4 Å². The van der Waals surface area contributed by atoms with E-state index in [1.54, 1.807) is 0 Å². The Morgan fingerprint density at radius 2 is 1.80 bits per heavy atom. The van der Waals surface area contributed by atoms with Gasteiger partial charge in [-0.15, -0.1) is 0 Å². The summed E-state index contributed by atoms with van der Waals surface area (Å²) in [5.41, 5.74) is 0. The first-order valence-corrected chi connectivity index (χ1v) is 7.51. The van der Waals surface area contributed by atoms with Crippen molar-refractivity contribution in [3.63, 3.8) is 0 Å². The van der Waals surface area contributed by atoms with Crippen LogP contribution in [-0.4, -0.2) is 31.5 Å². The highest BCUT2D eigenvalue weighted by Crippen LogP contribution is 2.35. The van der Waals surface area contributed by atoms with Crippen molar-refractivity contribution >= 4 is 10.0 Å². The van der Waals surface area contributed by atoms with Crippen LogP contribution in [0.2, 0.25) is 0 Å². The summed E-state index contributed by atoms with van der Waals surface area (Å²) < 4.78 is 77.3. The summed E-state index contributed by atoms with van der Waals surface area (Å²) in [7, 11) is -4.49. The predicted octanol–water partition coefficient (Wildman–Crippen LogP) is 2.93. The molecule has 1 saturated heterocycles. The van der Waals surface area contributed by atoms with Crippen LogP contribution in [0.1, 0.15) is 19.3 Å². The maximum atomic E-state index is 13.6. The molecular weight excluding hydrogens is 298 g/mol. The molecule has 0 N–H and O–H groups in total. The molecule has 1 aliphatic heterocycles. The normalized spacial score (nSPS) is 21.9. The summed E-state index contributed by atoms with van der Waals surface area (Å²) in [6.45, 7) is -0.249. The third-order valence-electron chi connectivity index (χ3n) is 3.25. The first kappa shape index (κ1) is 15.2. The lowest BCUT2D eigenvalue weighted by Gasteiger charge is -2.35. The summed E-state index contributed by atoms with van der Waals surface area (Å²) in [6, 6.07) is 2.38. The Bertz CT molecular complexity index is 585. The molecule has 0 bridgehead atoms. The predicted molar refractivity (Wildman–Crippen MR) is 64.0 cm³/mol. The molecule has 1 aromatic rings. The number of benzene rings is 1. The Labute approximate surface area is 114 Å². The van der Waals surface area contributed by atoms with Gasteiger partial charge >= 0.3 is 6.18 Å². The molecular formula is C12H13F4NO2S. The third-order valence-corrected chi connectivity index (χ3v) is 5.20. The first-order chi connectivity index (χ1) is 9.24. The van der Waals surface area contributed by atoms with E-state index < -0.39 is 33.0 Å². The molecule has 2 rings (SSSR count). The van der Waals surface area contributed by atoms with Crippen LogP contribution in [-0.2, 0) is 10.0 Å². The molecule has 1 aromatic carbocycles. The van der Waals surface area contributed by atoms with Gasteiger partial charge in [0.15, 0.2) is 0 Å². The van der Waals surface area contributed by atoms with Gasteiger partial charge < -0.3 is 0 Å². The zero-order valence-corrected chi connectivity index (χ0v) is 11.2. The van der Waals surface area contributed by atoms with Crippen LogP contribution < -0.4 is 0 Å². The van der Waals surface area contributed by atoms with Crippen LogP contribution in [0.15, 0.2) is 29.2 Å². The highest BCUT2D eigenvalue weighted by molar-refractivity contribution is 7.89. The molecule has 1 heterocycles. The highest BCUT2D eigenvalue weighted by atomic mass is 32.2. The number of hydrogen-bond acceptors (Lipinski definition) is 2. The van der Waals surface area contributed by atoms with E-state index >= 15 is 0 Å². The van der Waals surface area contributed by atoms with E-state index in [1.807, 2.05) is 0 Å². The van der Waals surface area contributed by atoms with Crippen molar-refractivity contribution in [3.8, 4) is 0 Å². The monoisotopic (exact) mass is 311 g/mol. The van der Waals surface area contributed by atoms with Crippen molar-refractivity contribution in [1.29, 1.82) is 0 Å². The summed E-state index contributed by atoms with van der Waals surface area (Å²) in [6.07, 6.45) is -4.32. The maximum absolute atomic E-state index is 13.6. The fraction of sp³-hybridized carbons (Fsp3) is 0.500. The molecule has 0 saturated carbocycles. The number of hydrogen-bond donors (Lipinski definition) is 0. The summed E-state index contributed by atoms with van der Waals surface area (Å²) in [5.74, 6) is -1.04. The SMILES string of the molecule is O=S(=O)(c1ccccc1F)N1CCCCC1C(F)(F)F. The van der Waals surface area contributed by atoms with E-state index in [9.17, 15) is 26.0 Å². The molecule has 0 aromatic heterocycles. The van der Waals surface area contributed by atoms with Crippen LogP contribution in [0.4, 0.5) is 17.6 Å². The Kier molecular flexibility index (Phi) is 4.06. The minimum Gasteiger partial charge on any atom is -0.207 e. The first-order valence-electron chi connectivity index (χ1n) is 6.07. The fourth-order valence-electron chi connectivity index (χ4n) is 2.30. The van der Waals surface area contributed by atoms with Crippen molar-refractivity contribution in [2.45, 2.75) is 36.4 Å². The van der Waals surface area contributed by atoms with Crippen molar-refractivity contribution in [2.75, 3.05) is 6.54 Å². The number of halogens is 4. The van der Waals surface area contributed by atoms with Crippen LogP contribution in [0, 0.1) is 5.82 Å². The molecule has 20 heavy (non-hydrogen) atoms. The second-order valence-electron chi connectivity index (χ2n) is 4.60. The lowest BCUT2D eigenvalue weighted by Crippen LogP contribution is -2.51. The van der Waals surface area contributed by atoms with Gasteiger partial charge in [-0.2, -0.15) is 17.5 Å². The minimum atomic E-state index is -4.65. The highest BCUT2D eigenvalue weighted by Gasteiger charge is 2.49. The van der Waals surface area contributed by atoms with Crippen molar-refractivity contribution < 1.29 is 26.0 Å². The molecule has 112 valence electrons. The summed E-state index contributed by atoms with van der Waals surface area (Å²) >= 11 is 0. The van der Waals surface area contributed by atoms with Gasteiger partial charge in [-0.05, 0) is 25.0 Å². The average Bonchev–Trinajstić information content (AvgIpc) is 2.38. The third kappa shape index (κ3) is 2.80. The van der Waals surface area contributed by atoms with Crippen molar-refractivity contribution in [3.05, 3.63) is 30.1 Å². The Morgan fingerprint density at radius 3 is 2.40 bits per heavy atom. The van der Waals surface area contributed by atoms with E-state index in [1.165, 1.54) is 12.1 Å². The van der Waals surface area contributed by atoms with E-state index in [0.29, 0.717) is 17.1 Å². The number of nitrogens with zero attached hydrogens (tertiary/aromatic N) is 1. The Balaban J connectivity index is 2.44. The molecule has 1 atom stereocenters. The molecule has 3 nitrogen and oxygen atoms in total. The van der Waals surface area contributed by atoms with Gasteiger partial charge in [0.25, 0.3) is 0 Å². The average molecular weight is 311 g/mol. The van der Waals surface area contributed by atoms with E-state index in [0.717, 1.165) is 12.1 Å². The number of piperidine rings is 1.